The van der Waals surface area contributed by atoms with Crippen molar-refractivity contribution in [2.75, 3.05) is 0 Å². The van der Waals surface area contributed by atoms with Crippen LogP contribution in [0.5, 0.6) is 0 Å². The monoisotopic (exact) mass is 489 g/mol. The van der Waals surface area contributed by atoms with Gasteiger partial charge in [0.1, 0.15) is 0 Å². The van der Waals surface area contributed by atoms with Gasteiger partial charge in [-0.15, -0.1) is 0 Å². The number of aromatic carboxylic acids is 1. The number of carbonyl (C=O) groups excluding carboxylic acids is 2. The first-order valence-corrected chi connectivity index (χ1v) is 11.7. The van der Waals surface area contributed by atoms with Gasteiger partial charge in [0, 0.05) is 24.0 Å². The summed E-state index contributed by atoms with van der Waals surface area (Å²) in [4.78, 5) is 34.5. The van der Waals surface area contributed by atoms with Gasteiger partial charge < -0.3 is 10.6 Å². The van der Waals surface area contributed by atoms with E-state index < -0.39 is 5.97 Å². The molecule has 0 spiro atoms. The van der Waals surface area contributed by atoms with E-state index in [0.29, 0.717) is 24.0 Å². The van der Waals surface area contributed by atoms with Crippen molar-refractivity contribution in [1.29, 1.82) is 5.26 Å². The van der Waals surface area contributed by atoms with Crippen molar-refractivity contribution in [1.82, 2.24) is 0 Å². The topological polar surface area (TPSA) is 125 Å². The molecule has 0 aliphatic heterocycles. The Balaban J connectivity index is 0. The molecule has 6 nitrogen and oxygen atoms in total. The van der Waals surface area contributed by atoms with Crippen LogP contribution < -0.4 is 29.6 Å². The normalized spacial score (nSPS) is 9.46. The van der Waals surface area contributed by atoms with E-state index in [9.17, 15) is 14.4 Å². The Hall–Kier alpha value is -2.30. The van der Waals surface area contributed by atoms with Crippen LogP contribution in [-0.2, 0) is 0 Å². The summed E-state index contributed by atoms with van der Waals surface area (Å²) < 4.78 is 0. The molecule has 0 saturated heterocycles. The van der Waals surface area contributed by atoms with Crippen LogP contribution in [0.4, 0.5) is 0 Å². The molecule has 0 heterocycles. The molecule has 0 aromatic heterocycles. The van der Waals surface area contributed by atoms with E-state index in [0.717, 1.165) is 55.2 Å². The van der Waals surface area contributed by atoms with Gasteiger partial charge in [0.05, 0.1) is 17.2 Å². The number of nitrogens with zero attached hydrogens (tertiary/aromatic N) is 1. The Morgan fingerprint density at radius 2 is 1.26 bits per heavy atom. The van der Waals surface area contributed by atoms with Crippen LogP contribution in [0.1, 0.15) is 113 Å². The largest absolute Gasteiger partial charge is 1.00 e. The Labute approximate surface area is 231 Å². The van der Waals surface area contributed by atoms with Crippen molar-refractivity contribution in [2.45, 2.75) is 79.1 Å². The van der Waals surface area contributed by atoms with Crippen LogP contribution in [-0.4, -0.2) is 28.1 Å². The van der Waals surface area contributed by atoms with Gasteiger partial charge in [-0.3, -0.25) is 9.59 Å². The van der Waals surface area contributed by atoms with Gasteiger partial charge in [0.2, 0.25) is 0 Å². The maximum atomic E-state index is 11.9. The van der Waals surface area contributed by atoms with E-state index in [2.05, 4.69) is 19.9 Å². The van der Waals surface area contributed by atoms with Crippen LogP contribution in [0.2, 0.25) is 0 Å². The Kier molecular flexibility index (Phi) is 18.9. The molecule has 0 radical (unpaired) electrons. The first-order valence-electron chi connectivity index (χ1n) is 11.7. The van der Waals surface area contributed by atoms with E-state index in [-0.39, 0.29) is 52.2 Å². The number of benzene rings is 2. The standard InChI is InChI=1S/C14H17NO.C14H18O3.Na.H2O/c1-3-4-5-6-14(16)13-8-7-12(10-15)9-11(13)2;1-3-4-5-6-13(15)12-8-7-11(14(16)17)9-10(12)2;;/h7-9H,3-6H2,1-2H3;7-9H,3-6H2,1-2H3,(H,16,17);;1H2/q;;+1;/p-1. The molecule has 0 amide bonds. The van der Waals surface area contributed by atoms with Crippen LogP contribution >= 0.6 is 0 Å². The van der Waals surface area contributed by atoms with Crippen molar-refractivity contribution >= 4 is 17.5 Å². The minimum atomic E-state index is -0.960. The van der Waals surface area contributed by atoms with Gasteiger partial charge in [0.15, 0.2) is 11.6 Å². The fraction of sp³-hybridized carbons (Fsp3) is 0.429. The van der Waals surface area contributed by atoms with Crippen LogP contribution in [0.25, 0.3) is 0 Å². The Morgan fingerprint density at radius 3 is 1.63 bits per heavy atom. The predicted molar refractivity (Wildman–Crippen MR) is 133 cm³/mol. The molecular formula is C28H36NNaO5. The van der Waals surface area contributed by atoms with Crippen LogP contribution in [0.3, 0.4) is 0 Å². The minimum absolute atomic E-state index is 0. The van der Waals surface area contributed by atoms with Crippen molar-refractivity contribution < 1.29 is 54.5 Å². The average Bonchev–Trinajstić information content (AvgIpc) is 2.79. The minimum Gasteiger partial charge on any atom is -0.870 e. The molecule has 0 aliphatic carbocycles. The van der Waals surface area contributed by atoms with Gasteiger partial charge in [-0.05, 0) is 68.1 Å². The number of Topliss-reactive ketones (excluding diaryl/α,β-unsaturated/α-hetero) is 2. The third-order valence-electron chi connectivity index (χ3n) is 5.44. The van der Waals surface area contributed by atoms with Crippen molar-refractivity contribution in [3.8, 4) is 6.07 Å². The number of nitriles is 1. The maximum Gasteiger partial charge on any atom is 1.00 e. The number of hydrogen-bond donors (Lipinski definition) is 1. The van der Waals surface area contributed by atoms with E-state index in [1.54, 1.807) is 37.3 Å². The van der Waals surface area contributed by atoms with Gasteiger partial charge in [-0.1, -0.05) is 45.6 Å². The molecule has 0 unspecified atom stereocenters. The second kappa shape index (κ2) is 19.0. The summed E-state index contributed by atoms with van der Waals surface area (Å²) in [6.07, 6.45) is 7.37. The maximum absolute atomic E-state index is 11.9. The van der Waals surface area contributed by atoms with Gasteiger partial charge in [-0.25, -0.2) is 4.79 Å². The van der Waals surface area contributed by atoms with E-state index in [4.69, 9.17) is 10.4 Å². The fourth-order valence-corrected chi connectivity index (χ4v) is 3.50. The van der Waals surface area contributed by atoms with Crippen molar-refractivity contribution in [2.24, 2.45) is 0 Å². The average molecular weight is 490 g/mol. The number of unbranched alkanes of at least 4 members (excludes halogenated alkanes) is 4. The summed E-state index contributed by atoms with van der Waals surface area (Å²) in [5, 5.41) is 17.6. The molecule has 2 aromatic rings. The van der Waals surface area contributed by atoms with E-state index in [1.165, 1.54) is 6.07 Å². The van der Waals surface area contributed by atoms with Gasteiger partial charge >= 0.3 is 35.5 Å². The third-order valence-corrected chi connectivity index (χ3v) is 5.44. The summed E-state index contributed by atoms with van der Waals surface area (Å²) in [5.41, 5.74) is 3.89. The molecule has 0 atom stereocenters. The molecule has 35 heavy (non-hydrogen) atoms. The van der Waals surface area contributed by atoms with Crippen molar-refractivity contribution in [3.05, 3.63) is 69.8 Å². The zero-order valence-corrected chi connectivity index (χ0v) is 23.7. The first-order chi connectivity index (χ1) is 15.7. The number of carbonyl (C=O) groups is 3. The molecular weight excluding hydrogens is 453 g/mol. The van der Waals surface area contributed by atoms with E-state index >= 15 is 0 Å². The zero-order chi connectivity index (χ0) is 24.8. The molecule has 2 N–H and O–H groups in total. The number of aryl methyl sites for hydroxylation is 2. The number of carboxylic acids is 1. The van der Waals surface area contributed by atoms with Crippen LogP contribution in [0.15, 0.2) is 36.4 Å². The summed E-state index contributed by atoms with van der Waals surface area (Å²) >= 11 is 0. The fourth-order valence-electron chi connectivity index (χ4n) is 3.50. The van der Waals surface area contributed by atoms with Gasteiger partial charge in [0.25, 0.3) is 0 Å². The first kappa shape index (κ1) is 34.9. The SMILES string of the molecule is CCCCCC(=O)c1ccc(C#N)cc1C.CCCCCC(=O)c1ccc(C(=O)O)cc1C.[Na+].[OH-]. The second-order valence-corrected chi connectivity index (χ2v) is 8.24. The molecule has 184 valence electrons. The quantitative estimate of drug-likeness (QED) is 0.290. The smallest absolute Gasteiger partial charge is 0.870 e. The summed E-state index contributed by atoms with van der Waals surface area (Å²) in [6, 6.07) is 12.0. The number of carboxylic acid groups (broad SMARTS) is 1. The summed E-state index contributed by atoms with van der Waals surface area (Å²) in [7, 11) is 0. The zero-order valence-electron chi connectivity index (χ0n) is 21.7. The molecule has 0 bridgehead atoms. The second-order valence-electron chi connectivity index (χ2n) is 8.24. The predicted octanol–water partition coefficient (Wildman–Crippen LogP) is 3.91. The molecule has 0 fully saturated rings. The van der Waals surface area contributed by atoms with Gasteiger partial charge in [-0.2, -0.15) is 5.26 Å². The van der Waals surface area contributed by atoms with Crippen molar-refractivity contribution in [3.63, 3.8) is 0 Å². The van der Waals surface area contributed by atoms with Crippen LogP contribution in [0, 0.1) is 25.2 Å². The van der Waals surface area contributed by atoms with E-state index in [1.807, 2.05) is 6.92 Å². The number of rotatable bonds is 11. The molecule has 2 rings (SSSR count). The summed E-state index contributed by atoms with van der Waals surface area (Å²) in [6.45, 7) is 7.88. The number of hydrogen-bond acceptors (Lipinski definition) is 5. The Bertz CT molecular complexity index is 1010. The third kappa shape index (κ3) is 12.3. The number of ketones is 2. The molecule has 0 aliphatic rings. The summed E-state index contributed by atoms with van der Waals surface area (Å²) in [5.74, 6) is -0.665. The Morgan fingerprint density at radius 1 is 0.800 bits per heavy atom. The molecule has 0 saturated carbocycles. The molecule has 2 aromatic carbocycles. The molecule has 7 heteroatoms.